The number of nitrogens with one attached hydrogen (secondary N) is 2. The smallest absolute Gasteiger partial charge is 0.227 e. The maximum Gasteiger partial charge on any atom is 0.227 e. The molecule has 1 unspecified atom stereocenters. The summed E-state index contributed by atoms with van der Waals surface area (Å²) in [5.74, 6) is 1.13. The Bertz CT molecular complexity index is 1500. The van der Waals surface area contributed by atoms with Gasteiger partial charge in [-0.2, -0.15) is 0 Å². The second kappa shape index (κ2) is 12.1. The van der Waals surface area contributed by atoms with Crippen LogP contribution in [0.4, 0.5) is 11.6 Å². The van der Waals surface area contributed by atoms with Gasteiger partial charge in [-0.15, -0.1) is 0 Å². The van der Waals surface area contributed by atoms with Crippen LogP contribution in [-0.4, -0.2) is 45.9 Å². The zero-order valence-electron chi connectivity index (χ0n) is 23.5. The molecule has 8 nitrogen and oxygen atoms in total. The number of aromatic amines is 1. The molecule has 0 fully saturated rings. The summed E-state index contributed by atoms with van der Waals surface area (Å²) in [5, 5.41) is 4.23. The minimum atomic E-state index is -0.534. The van der Waals surface area contributed by atoms with Crippen LogP contribution in [0.3, 0.4) is 0 Å². The molecule has 2 aromatic heterocycles. The highest BCUT2D eigenvalue weighted by molar-refractivity contribution is 6.03. The Balaban J connectivity index is 1.33. The summed E-state index contributed by atoms with van der Waals surface area (Å²) in [5.41, 5.74) is 4.47. The largest absolute Gasteiger partial charge is 0.374 e. The van der Waals surface area contributed by atoms with Crippen LogP contribution in [0.2, 0.25) is 0 Å². The average Bonchev–Trinajstić information content (AvgIpc) is 3.36. The summed E-state index contributed by atoms with van der Waals surface area (Å²) in [4.78, 5) is 42.7. The number of carbonyl (C=O) groups excluding carboxylic acids is 2. The first-order valence-electron chi connectivity index (χ1n) is 14.1. The van der Waals surface area contributed by atoms with Crippen LogP contribution >= 0.6 is 0 Å². The van der Waals surface area contributed by atoms with Crippen molar-refractivity contribution in [3.8, 4) is 0 Å². The molecule has 8 heteroatoms. The van der Waals surface area contributed by atoms with E-state index in [-0.39, 0.29) is 18.2 Å². The molecule has 2 aliphatic heterocycles. The third-order valence-corrected chi connectivity index (χ3v) is 7.68. The summed E-state index contributed by atoms with van der Waals surface area (Å²) in [6.45, 7) is 6.76. The van der Waals surface area contributed by atoms with Crippen LogP contribution in [0.15, 0.2) is 59.2 Å². The fraction of sp³-hybridized carbons (Fsp3) is 0.406. The first-order valence-corrected chi connectivity index (χ1v) is 14.1. The number of nitrogens with zero attached hydrogens (tertiary/aromatic N) is 3. The van der Waals surface area contributed by atoms with Gasteiger partial charge < -0.3 is 15.0 Å². The Hall–Kier alpha value is -3.91. The van der Waals surface area contributed by atoms with E-state index in [1.807, 2.05) is 50.4 Å². The quantitative estimate of drug-likeness (QED) is 0.271. The van der Waals surface area contributed by atoms with Crippen LogP contribution < -0.4 is 5.32 Å². The van der Waals surface area contributed by atoms with E-state index in [9.17, 15) is 9.59 Å². The van der Waals surface area contributed by atoms with Gasteiger partial charge in [0, 0.05) is 47.4 Å². The lowest BCUT2D eigenvalue weighted by Crippen LogP contribution is -2.29. The number of hydrogen-bond donors (Lipinski definition) is 2. The van der Waals surface area contributed by atoms with E-state index in [2.05, 4.69) is 44.3 Å². The highest BCUT2D eigenvalue weighted by Crippen LogP contribution is 2.35. The third kappa shape index (κ3) is 6.62. The molecular formula is C32H37N5O3. The van der Waals surface area contributed by atoms with Crippen molar-refractivity contribution in [2.24, 2.45) is 16.3 Å². The van der Waals surface area contributed by atoms with Crippen molar-refractivity contribution in [3.05, 3.63) is 65.6 Å². The van der Waals surface area contributed by atoms with Crippen LogP contribution in [0.1, 0.15) is 75.5 Å². The molecule has 2 aliphatic rings. The van der Waals surface area contributed by atoms with Gasteiger partial charge in [-0.25, -0.2) is 9.97 Å². The zero-order valence-corrected chi connectivity index (χ0v) is 23.5. The van der Waals surface area contributed by atoms with E-state index in [1.54, 1.807) is 6.20 Å². The molecule has 40 heavy (non-hydrogen) atoms. The lowest BCUT2D eigenvalue weighted by atomic mass is 9.76. The van der Waals surface area contributed by atoms with Crippen LogP contribution in [0.5, 0.6) is 0 Å². The number of rotatable bonds is 5. The number of Topliss-reactive ketones (excluding diaryl/α,β-unsaturated/α-hetero) is 2. The molecule has 0 radical (unpaired) electrons. The molecule has 0 amide bonds. The maximum atomic E-state index is 13.8. The van der Waals surface area contributed by atoms with Gasteiger partial charge in [0.1, 0.15) is 6.61 Å². The molecule has 0 aliphatic carbocycles. The van der Waals surface area contributed by atoms with Gasteiger partial charge in [-0.1, -0.05) is 31.6 Å². The third-order valence-electron chi connectivity index (χ3n) is 7.68. The molecule has 3 aromatic rings. The normalized spacial score (nSPS) is 24.0. The van der Waals surface area contributed by atoms with Gasteiger partial charge in [0.05, 0.1) is 17.1 Å². The van der Waals surface area contributed by atoms with Gasteiger partial charge in [-0.3, -0.25) is 14.6 Å². The first kappa shape index (κ1) is 27.6. The molecule has 1 aromatic carbocycles. The van der Waals surface area contributed by atoms with E-state index >= 15 is 0 Å². The molecule has 0 saturated heterocycles. The van der Waals surface area contributed by atoms with Crippen molar-refractivity contribution in [3.63, 3.8) is 0 Å². The van der Waals surface area contributed by atoms with Gasteiger partial charge in [0.15, 0.2) is 11.6 Å². The van der Waals surface area contributed by atoms with E-state index in [1.165, 1.54) is 0 Å². The number of carbonyl (C=O) groups is 2. The lowest BCUT2D eigenvalue weighted by Gasteiger charge is -2.28. The molecule has 4 heterocycles. The number of benzene rings is 1. The van der Waals surface area contributed by atoms with Gasteiger partial charge in [0.2, 0.25) is 5.95 Å². The van der Waals surface area contributed by atoms with E-state index in [4.69, 9.17) is 4.74 Å². The number of allylic oxidation sites excluding steroid dienone is 3. The number of fused-ring (bicyclic) bond motifs is 1. The summed E-state index contributed by atoms with van der Waals surface area (Å²) < 4.78 is 5.58. The Morgan fingerprint density at radius 2 is 2.05 bits per heavy atom. The SMILES string of the molecule is C/C1=C\CC[C@](C)(C(=O)c2cc3cc(Nc4nccc(C5=CCC(C)C=N5)n4)ccc3[nH]2)CCCOCC(=O)C1. The van der Waals surface area contributed by atoms with Crippen molar-refractivity contribution < 1.29 is 14.3 Å². The van der Waals surface area contributed by atoms with Crippen molar-refractivity contribution in [1.29, 1.82) is 0 Å². The van der Waals surface area contributed by atoms with Crippen LogP contribution in [-0.2, 0) is 9.53 Å². The minimum absolute atomic E-state index is 0.101. The Morgan fingerprint density at radius 1 is 1.18 bits per heavy atom. The Kier molecular flexibility index (Phi) is 8.35. The summed E-state index contributed by atoms with van der Waals surface area (Å²) in [6, 6.07) is 9.71. The van der Waals surface area contributed by atoms with E-state index in [0.717, 1.165) is 52.8 Å². The van der Waals surface area contributed by atoms with Crippen molar-refractivity contribution in [2.75, 3.05) is 18.5 Å². The molecule has 0 bridgehead atoms. The fourth-order valence-corrected chi connectivity index (χ4v) is 5.31. The topological polar surface area (TPSA) is 109 Å². The maximum absolute atomic E-state index is 13.8. The number of ether oxygens (including phenoxy) is 1. The molecule has 2 atom stereocenters. The summed E-state index contributed by atoms with van der Waals surface area (Å²) in [7, 11) is 0. The van der Waals surface area contributed by atoms with Crippen LogP contribution in [0.25, 0.3) is 16.6 Å². The summed E-state index contributed by atoms with van der Waals surface area (Å²) >= 11 is 0. The van der Waals surface area contributed by atoms with E-state index in [0.29, 0.717) is 43.4 Å². The van der Waals surface area contributed by atoms with Gasteiger partial charge in [-0.05, 0) is 75.3 Å². The first-order chi connectivity index (χ1) is 19.3. The predicted molar refractivity (Wildman–Crippen MR) is 159 cm³/mol. The lowest BCUT2D eigenvalue weighted by molar-refractivity contribution is -0.123. The van der Waals surface area contributed by atoms with Gasteiger partial charge in [0.25, 0.3) is 0 Å². The second-order valence-corrected chi connectivity index (χ2v) is 11.3. The summed E-state index contributed by atoms with van der Waals surface area (Å²) in [6.07, 6.45) is 12.1. The molecule has 0 spiro atoms. The Morgan fingerprint density at radius 3 is 2.88 bits per heavy atom. The average molecular weight is 540 g/mol. The predicted octanol–water partition coefficient (Wildman–Crippen LogP) is 6.84. The van der Waals surface area contributed by atoms with Crippen molar-refractivity contribution in [1.82, 2.24) is 15.0 Å². The molecule has 2 N–H and O–H groups in total. The number of hydrogen-bond acceptors (Lipinski definition) is 7. The van der Waals surface area contributed by atoms with Crippen molar-refractivity contribution in [2.45, 2.75) is 59.3 Å². The highest BCUT2D eigenvalue weighted by atomic mass is 16.5. The number of aliphatic imine (C=N–C) groups is 1. The molecule has 0 saturated carbocycles. The van der Waals surface area contributed by atoms with Crippen LogP contribution in [0, 0.1) is 11.3 Å². The fourth-order valence-electron chi connectivity index (χ4n) is 5.31. The monoisotopic (exact) mass is 539 g/mol. The Labute approximate surface area is 235 Å². The van der Waals surface area contributed by atoms with Gasteiger partial charge >= 0.3 is 0 Å². The number of anilines is 2. The second-order valence-electron chi connectivity index (χ2n) is 11.3. The molecular weight excluding hydrogens is 502 g/mol. The number of H-pyrrole nitrogens is 1. The minimum Gasteiger partial charge on any atom is -0.374 e. The zero-order chi connectivity index (χ0) is 28.1. The number of ketones is 2. The molecule has 5 rings (SSSR count). The number of aromatic nitrogens is 3. The van der Waals surface area contributed by atoms with Crippen molar-refractivity contribution >= 4 is 46.0 Å². The molecule has 208 valence electrons. The highest BCUT2D eigenvalue weighted by Gasteiger charge is 2.34. The van der Waals surface area contributed by atoms with E-state index < -0.39 is 5.41 Å². The standard InChI is InChI=1S/C32H37N5O3/c1-21-6-4-12-32(3,13-5-15-40-20-25(38)16-21)30(39)29-18-23-17-24(8-10-26(23)36-29)35-31-33-14-11-28(37-31)27-9-7-22(2)19-34-27/h6,8-11,14,17-19,22,36H,4-5,7,12-13,15-16,20H2,1-3H3,(H,33,35,37)/b21-6+/t22?,32-/m0/s1.